The van der Waals surface area contributed by atoms with E-state index in [0.717, 1.165) is 0 Å². The molecule has 0 radical (unpaired) electrons. The van der Waals surface area contributed by atoms with Crippen LogP contribution in [0.25, 0.3) is 0 Å². The molecule has 0 bridgehead atoms. The number of alkyl halides is 2. The first-order valence-corrected chi connectivity index (χ1v) is 9.15. The van der Waals surface area contributed by atoms with E-state index in [4.69, 9.17) is 5.11 Å². The number of aliphatic hydroxyl groups is 1. The molecule has 0 heterocycles. The summed E-state index contributed by atoms with van der Waals surface area (Å²) >= 11 is 0. The molecular formula is C12H22F2OSi. The minimum absolute atomic E-state index is 0.168. The van der Waals surface area contributed by atoms with Crippen LogP contribution in [0.5, 0.6) is 0 Å². The maximum Gasteiger partial charge on any atom is 0.270 e. The van der Waals surface area contributed by atoms with Gasteiger partial charge in [0.2, 0.25) is 0 Å². The summed E-state index contributed by atoms with van der Waals surface area (Å²) in [6, 6.07) is 0. The van der Waals surface area contributed by atoms with Crippen LogP contribution in [0.1, 0.15) is 26.2 Å². The normalized spacial score (nSPS) is 14.2. The third kappa shape index (κ3) is 8.87. The van der Waals surface area contributed by atoms with Gasteiger partial charge < -0.3 is 5.11 Å². The molecule has 0 fully saturated rings. The van der Waals surface area contributed by atoms with Crippen molar-refractivity contribution in [2.75, 3.05) is 6.61 Å². The van der Waals surface area contributed by atoms with Gasteiger partial charge in [-0.15, -0.1) is 11.5 Å². The molecule has 0 aromatic carbocycles. The Balaban J connectivity index is 3.91. The Morgan fingerprint density at radius 3 is 2.31 bits per heavy atom. The molecule has 0 saturated heterocycles. The molecule has 1 atom stereocenters. The molecule has 0 saturated carbocycles. The Labute approximate surface area is 98.3 Å². The minimum atomic E-state index is -2.93. The summed E-state index contributed by atoms with van der Waals surface area (Å²) in [6.07, 6.45) is 0.832. The highest BCUT2D eigenvalue weighted by Crippen LogP contribution is 2.23. The van der Waals surface area contributed by atoms with Crippen LogP contribution in [-0.4, -0.2) is 25.7 Å². The molecule has 16 heavy (non-hydrogen) atoms. The fourth-order valence-electron chi connectivity index (χ4n) is 1.13. The Kier molecular flexibility index (Phi) is 6.20. The monoisotopic (exact) mass is 248 g/mol. The van der Waals surface area contributed by atoms with Crippen molar-refractivity contribution in [3.8, 4) is 11.5 Å². The van der Waals surface area contributed by atoms with Gasteiger partial charge in [0, 0.05) is 12.8 Å². The van der Waals surface area contributed by atoms with Gasteiger partial charge in [0.25, 0.3) is 5.92 Å². The number of rotatable bonds is 5. The summed E-state index contributed by atoms with van der Waals surface area (Å²) in [6.45, 7) is 7.34. The van der Waals surface area contributed by atoms with Gasteiger partial charge in [0.1, 0.15) is 14.7 Å². The average Bonchev–Trinajstić information content (AvgIpc) is 2.13. The van der Waals surface area contributed by atoms with Crippen LogP contribution in [0, 0.1) is 17.4 Å². The molecule has 4 heteroatoms. The molecule has 1 nitrogen and oxygen atoms in total. The number of halogens is 2. The van der Waals surface area contributed by atoms with E-state index >= 15 is 0 Å². The zero-order valence-electron chi connectivity index (χ0n) is 10.6. The van der Waals surface area contributed by atoms with Crippen molar-refractivity contribution in [1.29, 1.82) is 0 Å². The summed E-state index contributed by atoms with van der Waals surface area (Å²) in [5, 5.41) is 8.42. The lowest BCUT2D eigenvalue weighted by Crippen LogP contribution is -2.22. The van der Waals surface area contributed by atoms with Gasteiger partial charge >= 0.3 is 0 Å². The quantitative estimate of drug-likeness (QED) is 0.584. The summed E-state index contributed by atoms with van der Waals surface area (Å²) < 4.78 is 25.5. The van der Waals surface area contributed by atoms with Crippen LogP contribution in [0.3, 0.4) is 0 Å². The maximum absolute atomic E-state index is 12.7. The summed E-state index contributed by atoms with van der Waals surface area (Å²) in [5.41, 5.74) is 3.22. The maximum atomic E-state index is 12.7. The van der Waals surface area contributed by atoms with Crippen molar-refractivity contribution in [2.24, 2.45) is 5.92 Å². The van der Waals surface area contributed by atoms with Crippen LogP contribution < -0.4 is 0 Å². The molecule has 0 spiro atoms. The first kappa shape index (κ1) is 15.6. The highest BCUT2D eigenvalue weighted by molar-refractivity contribution is 6.83. The van der Waals surface area contributed by atoms with Gasteiger partial charge in [-0.25, -0.2) is 8.78 Å². The topological polar surface area (TPSA) is 20.2 Å². The lowest BCUT2D eigenvalue weighted by molar-refractivity contribution is -0.0597. The molecule has 94 valence electrons. The van der Waals surface area contributed by atoms with E-state index in [2.05, 4.69) is 31.1 Å². The molecule has 0 amide bonds. The second-order valence-corrected chi connectivity index (χ2v) is 10.2. The first-order chi connectivity index (χ1) is 7.16. The Morgan fingerprint density at radius 2 is 1.88 bits per heavy atom. The number of aliphatic hydroxyl groups excluding tert-OH is 1. The Bertz CT molecular complexity index is 260. The lowest BCUT2D eigenvalue weighted by atomic mass is 10.00. The van der Waals surface area contributed by atoms with Crippen LogP contribution in [0.15, 0.2) is 0 Å². The van der Waals surface area contributed by atoms with Gasteiger partial charge in [-0.2, -0.15) is 0 Å². The smallest absolute Gasteiger partial charge is 0.270 e. The summed E-state index contributed by atoms with van der Waals surface area (Å²) in [4.78, 5) is 0. The SMILES string of the molecule is C[C@H](CC#C[Si](C)(C)C)CCC(F)(F)CO. The van der Waals surface area contributed by atoms with Crippen molar-refractivity contribution in [1.82, 2.24) is 0 Å². The zero-order chi connectivity index (χ0) is 12.8. The Hall–Kier alpha value is -0.403. The third-order valence-electron chi connectivity index (χ3n) is 2.15. The van der Waals surface area contributed by atoms with Crippen molar-refractivity contribution in [3.05, 3.63) is 0 Å². The molecule has 0 aliphatic carbocycles. The zero-order valence-corrected chi connectivity index (χ0v) is 11.6. The van der Waals surface area contributed by atoms with E-state index in [-0.39, 0.29) is 12.3 Å². The molecule has 0 rings (SSSR count). The Morgan fingerprint density at radius 1 is 1.31 bits per heavy atom. The number of hydrogen-bond acceptors (Lipinski definition) is 1. The van der Waals surface area contributed by atoms with E-state index < -0.39 is 20.6 Å². The van der Waals surface area contributed by atoms with E-state index in [1.165, 1.54) is 0 Å². The molecular weight excluding hydrogens is 226 g/mol. The second-order valence-electron chi connectivity index (χ2n) is 5.41. The molecule has 1 N–H and O–H groups in total. The predicted octanol–water partition coefficient (Wildman–Crippen LogP) is 3.30. The molecule has 0 aromatic heterocycles. The van der Waals surface area contributed by atoms with Crippen LogP contribution in [0.4, 0.5) is 8.78 Å². The average molecular weight is 248 g/mol. The van der Waals surface area contributed by atoms with Crippen molar-refractivity contribution < 1.29 is 13.9 Å². The van der Waals surface area contributed by atoms with E-state index in [1.807, 2.05) is 6.92 Å². The molecule has 0 unspecified atom stereocenters. The van der Waals surface area contributed by atoms with Gasteiger partial charge in [-0.3, -0.25) is 0 Å². The summed E-state index contributed by atoms with van der Waals surface area (Å²) in [5.74, 6) is 0.321. The van der Waals surface area contributed by atoms with Gasteiger partial charge in [-0.05, 0) is 12.3 Å². The van der Waals surface area contributed by atoms with E-state index in [0.29, 0.717) is 12.8 Å². The lowest BCUT2D eigenvalue weighted by Gasteiger charge is -2.15. The highest BCUT2D eigenvalue weighted by Gasteiger charge is 2.27. The fraction of sp³-hybridized carbons (Fsp3) is 0.833. The van der Waals surface area contributed by atoms with Gasteiger partial charge in [0.15, 0.2) is 0 Å². The second kappa shape index (κ2) is 6.36. The molecule has 0 aromatic rings. The van der Waals surface area contributed by atoms with E-state index in [9.17, 15) is 8.78 Å². The molecule has 0 aliphatic rings. The van der Waals surface area contributed by atoms with Crippen molar-refractivity contribution >= 4 is 8.07 Å². The standard InChI is InChI=1S/C12H22F2OSi/c1-11(6-5-9-16(2,3)4)7-8-12(13,14)10-15/h11,15H,6-8,10H2,1-4H3/t11-/m1/s1. The van der Waals surface area contributed by atoms with Gasteiger partial charge in [0.05, 0.1) is 0 Å². The third-order valence-corrected chi connectivity index (χ3v) is 3.07. The minimum Gasteiger partial charge on any atom is -0.390 e. The fourth-order valence-corrected chi connectivity index (χ4v) is 1.76. The van der Waals surface area contributed by atoms with Gasteiger partial charge in [-0.1, -0.05) is 26.6 Å². The van der Waals surface area contributed by atoms with Crippen LogP contribution in [-0.2, 0) is 0 Å². The van der Waals surface area contributed by atoms with E-state index in [1.54, 1.807) is 0 Å². The van der Waals surface area contributed by atoms with Crippen molar-refractivity contribution in [3.63, 3.8) is 0 Å². The van der Waals surface area contributed by atoms with Crippen LogP contribution in [0.2, 0.25) is 19.6 Å². The number of hydrogen-bond donors (Lipinski definition) is 1. The predicted molar refractivity (Wildman–Crippen MR) is 66.2 cm³/mol. The van der Waals surface area contributed by atoms with Crippen molar-refractivity contribution in [2.45, 2.75) is 51.7 Å². The largest absolute Gasteiger partial charge is 0.390 e. The molecule has 0 aliphatic heterocycles. The van der Waals surface area contributed by atoms with Crippen LogP contribution >= 0.6 is 0 Å². The highest BCUT2D eigenvalue weighted by atomic mass is 28.3. The summed E-state index contributed by atoms with van der Waals surface area (Å²) in [7, 11) is -1.34. The first-order valence-electron chi connectivity index (χ1n) is 5.65.